The minimum Gasteiger partial charge on any atom is -0.495 e. The number of halogens is 3. The smallest absolute Gasteiger partial charge is 0.416 e. The van der Waals surface area contributed by atoms with Gasteiger partial charge in [-0.3, -0.25) is 4.79 Å². The first-order valence-corrected chi connectivity index (χ1v) is 8.07. The van der Waals surface area contributed by atoms with E-state index in [1.807, 2.05) is 0 Å². The summed E-state index contributed by atoms with van der Waals surface area (Å²) in [4.78, 5) is 20.3. The van der Waals surface area contributed by atoms with Crippen molar-refractivity contribution in [2.45, 2.75) is 6.18 Å². The predicted octanol–water partition coefficient (Wildman–Crippen LogP) is 4.50. The molecule has 144 valence electrons. The summed E-state index contributed by atoms with van der Waals surface area (Å²) in [5, 5.41) is 5.41. The highest BCUT2D eigenvalue weighted by atomic mass is 19.4. The number of carbonyl (C=O) groups is 1. The number of alkyl halides is 3. The highest BCUT2D eigenvalue weighted by Gasteiger charge is 2.30. The molecule has 0 saturated heterocycles. The SMILES string of the molecule is COc1ccccc1NC(=O)c1cc(Nc2cccc(C(F)(F)F)c2)ncn1. The van der Waals surface area contributed by atoms with Gasteiger partial charge in [-0.05, 0) is 30.3 Å². The molecule has 0 aliphatic carbocycles. The molecule has 1 aromatic heterocycles. The van der Waals surface area contributed by atoms with Crippen LogP contribution in [0, 0.1) is 0 Å². The average Bonchev–Trinajstić information content (AvgIpc) is 2.68. The van der Waals surface area contributed by atoms with E-state index in [9.17, 15) is 18.0 Å². The van der Waals surface area contributed by atoms with E-state index in [4.69, 9.17) is 4.74 Å². The molecule has 28 heavy (non-hydrogen) atoms. The molecule has 0 spiro atoms. The van der Waals surface area contributed by atoms with Gasteiger partial charge in [0.05, 0.1) is 18.4 Å². The quantitative estimate of drug-likeness (QED) is 0.673. The lowest BCUT2D eigenvalue weighted by molar-refractivity contribution is -0.137. The maximum absolute atomic E-state index is 12.8. The fraction of sp³-hybridized carbons (Fsp3) is 0.105. The molecule has 0 aliphatic heterocycles. The number of ether oxygens (including phenoxy) is 1. The summed E-state index contributed by atoms with van der Waals surface area (Å²) in [7, 11) is 1.48. The van der Waals surface area contributed by atoms with Crippen molar-refractivity contribution in [1.29, 1.82) is 0 Å². The molecule has 2 aromatic carbocycles. The Kier molecular flexibility index (Phi) is 5.44. The van der Waals surface area contributed by atoms with Gasteiger partial charge in [-0.1, -0.05) is 18.2 Å². The minimum atomic E-state index is -4.46. The van der Waals surface area contributed by atoms with Gasteiger partial charge in [-0.2, -0.15) is 13.2 Å². The Bertz CT molecular complexity index is 993. The molecule has 0 bridgehead atoms. The molecule has 1 amide bonds. The molecule has 2 N–H and O–H groups in total. The minimum absolute atomic E-state index is 0.0374. The number of para-hydroxylation sites is 2. The van der Waals surface area contributed by atoms with Gasteiger partial charge in [0, 0.05) is 11.8 Å². The van der Waals surface area contributed by atoms with Crippen molar-refractivity contribution >= 4 is 23.1 Å². The molecular weight excluding hydrogens is 373 g/mol. The monoisotopic (exact) mass is 388 g/mol. The normalized spacial score (nSPS) is 11.0. The van der Waals surface area contributed by atoms with Crippen molar-refractivity contribution < 1.29 is 22.7 Å². The predicted molar refractivity (Wildman–Crippen MR) is 97.7 cm³/mol. The molecule has 0 saturated carbocycles. The van der Waals surface area contributed by atoms with E-state index >= 15 is 0 Å². The fourth-order valence-electron chi connectivity index (χ4n) is 2.41. The second-order valence-electron chi connectivity index (χ2n) is 5.65. The average molecular weight is 388 g/mol. The molecule has 1 heterocycles. The van der Waals surface area contributed by atoms with E-state index in [0.29, 0.717) is 11.4 Å². The van der Waals surface area contributed by atoms with Gasteiger partial charge >= 0.3 is 6.18 Å². The topological polar surface area (TPSA) is 76.1 Å². The molecule has 0 aliphatic rings. The first-order chi connectivity index (χ1) is 13.4. The lowest BCUT2D eigenvalue weighted by atomic mass is 10.2. The van der Waals surface area contributed by atoms with Crippen LogP contribution in [0.3, 0.4) is 0 Å². The standard InChI is InChI=1S/C19H15F3N4O2/c1-28-16-8-3-2-7-14(16)26-18(27)15-10-17(24-11-23-15)25-13-6-4-5-12(9-13)19(20,21)22/h2-11H,1H3,(H,26,27)(H,23,24,25). The summed E-state index contributed by atoms with van der Waals surface area (Å²) in [6, 6.07) is 12.9. The van der Waals surface area contributed by atoms with Crippen LogP contribution in [-0.4, -0.2) is 23.0 Å². The van der Waals surface area contributed by atoms with Gasteiger partial charge in [-0.15, -0.1) is 0 Å². The lowest BCUT2D eigenvalue weighted by Crippen LogP contribution is -2.15. The number of nitrogens with one attached hydrogen (secondary N) is 2. The van der Waals surface area contributed by atoms with Crippen LogP contribution in [0.15, 0.2) is 60.9 Å². The fourth-order valence-corrected chi connectivity index (χ4v) is 2.41. The van der Waals surface area contributed by atoms with Crippen LogP contribution in [0.2, 0.25) is 0 Å². The Labute approximate surface area is 158 Å². The van der Waals surface area contributed by atoms with Crippen molar-refractivity contribution in [3.63, 3.8) is 0 Å². The van der Waals surface area contributed by atoms with Gasteiger partial charge in [0.15, 0.2) is 0 Å². The van der Waals surface area contributed by atoms with E-state index in [0.717, 1.165) is 18.5 Å². The van der Waals surface area contributed by atoms with Crippen LogP contribution >= 0.6 is 0 Å². The summed E-state index contributed by atoms with van der Waals surface area (Å²) in [6.45, 7) is 0. The summed E-state index contributed by atoms with van der Waals surface area (Å²) in [5.74, 6) is 0.144. The van der Waals surface area contributed by atoms with E-state index in [1.165, 1.54) is 25.3 Å². The summed E-state index contributed by atoms with van der Waals surface area (Å²) in [5.41, 5.74) is -0.110. The van der Waals surface area contributed by atoms with Crippen LogP contribution in [0.1, 0.15) is 16.1 Å². The van der Waals surface area contributed by atoms with E-state index < -0.39 is 17.6 Å². The number of hydrogen-bond acceptors (Lipinski definition) is 5. The van der Waals surface area contributed by atoms with E-state index in [1.54, 1.807) is 24.3 Å². The first-order valence-electron chi connectivity index (χ1n) is 8.07. The maximum atomic E-state index is 12.8. The van der Waals surface area contributed by atoms with Crippen LogP contribution in [0.25, 0.3) is 0 Å². The third-order valence-electron chi connectivity index (χ3n) is 3.72. The Morgan fingerprint density at radius 1 is 1.04 bits per heavy atom. The van der Waals surface area contributed by atoms with Crippen molar-refractivity contribution in [3.8, 4) is 5.75 Å². The zero-order chi connectivity index (χ0) is 20.1. The molecule has 9 heteroatoms. The molecule has 0 fully saturated rings. The van der Waals surface area contributed by atoms with Crippen LogP contribution in [0.5, 0.6) is 5.75 Å². The Morgan fingerprint density at radius 2 is 1.82 bits per heavy atom. The second-order valence-corrected chi connectivity index (χ2v) is 5.65. The third-order valence-corrected chi connectivity index (χ3v) is 3.72. The molecular formula is C19H15F3N4O2. The molecule has 6 nitrogen and oxygen atoms in total. The second kappa shape index (κ2) is 7.95. The number of anilines is 3. The molecule has 3 aromatic rings. The highest BCUT2D eigenvalue weighted by Crippen LogP contribution is 2.31. The van der Waals surface area contributed by atoms with Crippen LogP contribution < -0.4 is 15.4 Å². The first kappa shape index (κ1) is 19.2. The van der Waals surface area contributed by atoms with Crippen LogP contribution in [0.4, 0.5) is 30.4 Å². The van der Waals surface area contributed by atoms with Gasteiger partial charge in [0.25, 0.3) is 5.91 Å². The summed E-state index contributed by atoms with van der Waals surface area (Å²) in [6.07, 6.45) is -3.31. The summed E-state index contributed by atoms with van der Waals surface area (Å²) >= 11 is 0. The molecule has 0 unspecified atom stereocenters. The van der Waals surface area contributed by atoms with Gasteiger partial charge in [0.1, 0.15) is 23.6 Å². The third kappa shape index (κ3) is 4.56. The number of carbonyl (C=O) groups excluding carboxylic acids is 1. The Balaban J connectivity index is 1.78. The van der Waals surface area contributed by atoms with Crippen LogP contribution in [-0.2, 0) is 6.18 Å². The van der Waals surface area contributed by atoms with Crippen molar-refractivity contribution in [2.75, 3.05) is 17.7 Å². The van der Waals surface area contributed by atoms with Gasteiger partial charge in [0.2, 0.25) is 0 Å². The Hall–Kier alpha value is -3.62. The van der Waals surface area contributed by atoms with E-state index in [2.05, 4.69) is 20.6 Å². The number of nitrogens with zero attached hydrogens (tertiary/aromatic N) is 2. The number of benzene rings is 2. The number of aromatic nitrogens is 2. The van der Waals surface area contributed by atoms with Crippen molar-refractivity contribution in [3.05, 3.63) is 72.2 Å². The lowest BCUT2D eigenvalue weighted by Gasteiger charge is -2.11. The highest BCUT2D eigenvalue weighted by molar-refractivity contribution is 6.04. The largest absolute Gasteiger partial charge is 0.495 e. The summed E-state index contributed by atoms with van der Waals surface area (Å²) < 4.78 is 43.7. The zero-order valence-electron chi connectivity index (χ0n) is 14.6. The number of rotatable bonds is 5. The molecule has 3 rings (SSSR count). The zero-order valence-corrected chi connectivity index (χ0v) is 14.6. The van der Waals surface area contributed by atoms with Gasteiger partial charge in [-0.25, -0.2) is 9.97 Å². The Morgan fingerprint density at radius 3 is 2.57 bits per heavy atom. The number of hydrogen-bond donors (Lipinski definition) is 2. The van der Waals surface area contributed by atoms with Crippen molar-refractivity contribution in [1.82, 2.24) is 9.97 Å². The van der Waals surface area contributed by atoms with E-state index in [-0.39, 0.29) is 17.2 Å². The number of methoxy groups -OCH3 is 1. The maximum Gasteiger partial charge on any atom is 0.416 e. The van der Waals surface area contributed by atoms with Crippen molar-refractivity contribution in [2.24, 2.45) is 0 Å². The molecule has 0 radical (unpaired) electrons. The van der Waals surface area contributed by atoms with Gasteiger partial charge < -0.3 is 15.4 Å². The number of amides is 1. The molecule has 0 atom stereocenters.